The summed E-state index contributed by atoms with van der Waals surface area (Å²) in [5.74, 6) is 0.630. The van der Waals surface area contributed by atoms with Gasteiger partial charge in [0.05, 0.1) is 0 Å². The van der Waals surface area contributed by atoms with E-state index in [4.69, 9.17) is 0 Å². The van der Waals surface area contributed by atoms with E-state index in [1.165, 1.54) is 50.7 Å². The third-order valence-electron chi connectivity index (χ3n) is 5.93. The van der Waals surface area contributed by atoms with Crippen molar-refractivity contribution in [2.45, 2.75) is 70.6 Å². The zero-order valence-electron chi connectivity index (χ0n) is 14.2. The van der Waals surface area contributed by atoms with E-state index >= 15 is 0 Å². The molecule has 1 aromatic rings. The van der Waals surface area contributed by atoms with Crippen LogP contribution in [-0.4, -0.2) is 0 Å². The molecular formula is C21H28F2. The molecule has 2 aliphatic rings. The van der Waals surface area contributed by atoms with Crippen LogP contribution in [0.3, 0.4) is 0 Å². The molecule has 23 heavy (non-hydrogen) atoms. The molecule has 2 heteroatoms. The van der Waals surface area contributed by atoms with Crippen LogP contribution in [0.5, 0.6) is 0 Å². The van der Waals surface area contributed by atoms with Crippen molar-refractivity contribution in [3.05, 3.63) is 47.0 Å². The van der Waals surface area contributed by atoms with Gasteiger partial charge in [0.15, 0.2) is 11.6 Å². The minimum Gasteiger partial charge on any atom is -0.204 e. The molecule has 1 atom stereocenters. The van der Waals surface area contributed by atoms with E-state index in [9.17, 15) is 8.78 Å². The number of benzene rings is 1. The van der Waals surface area contributed by atoms with Gasteiger partial charge in [-0.05, 0) is 80.4 Å². The third kappa shape index (κ3) is 4.02. The molecule has 0 bridgehead atoms. The largest absolute Gasteiger partial charge is 0.204 e. The van der Waals surface area contributed by atoms with Crippen molar-refractivity contribution in [2.75, 3.05) is 0 Å². The predicted molar refractivity (Wildman–Crippen MR) is 91.4 cm³/mol. The summed E-state index contributed by atoms with van der Waals surface area (Å²) in [6, 6.07) is 4.39. The van der Waals surface area contributed by atoms with Crippen LogP contribution in [0.1, 0.15) is 76.2 Å². The van der Waals surface area contributed by atoms with Gasteiger partial charge >= 0.3 is 0 Å². The van der Waals surface area contributed by atoms with Gasteiger partial charge in [-0.3, -0.25) is 0 Å². The normalized spacial score (nSPS) is 28.5. The first-order chi connectivity index (χ1) is 11.2. The fourth-order valence-electron chi connectivity index (χ4n) is 4.52. The third-order valence-corrected chi connectivity index (χ3v) is 5.93. The summed E-state index contributed by atoms with van der Waals surface area (Å²) < 4.78 is 26.5. The van der Waals surface area contributed by atoms with E-state index in [-0.39, 0.29) is 0 Å². The topological polar surface area (TPSA) is 0 Å². The van der Waals surface area contributed by atoms with Gasteiger partial charge in [-0.15, -0.1) is 0 Å². The molecule has 0 spiro atoms. The summed E-state index contributed by atoms with van der Waals surface area (Å²) in [6.07, 6.45) is 13.8. The summed E-state index contributed by atoms with van der Waals surface area (Å²) in [4.78, 5) is 0. The molecule has 1 fully saturated rings. The van der Waals surface area contributed by atoms with Gasteiger partial charge in [0.1, 0.15) is 0 Å². The Morgan fingerprint density at radius 1 is 0.957 bits per heavy atom. The van der Waals surface area contributed by atoms with E-state index in [0.29, 0.717) is 5.92 Å². The van der Waals surface area contributed by atoms with Crippen molar-refractivity contribution in [1.82, 2.24) is 0 Å². The lowest BCUT2D eigenvalue weighted by Gasteiger charge is -2.33. The maximum Gasteiger partial charge on any atom is 0.159 e. The predicted octanol–water partition coefficient (Wildman–Crippen LogP) is 6.77. The van der Waals surface area contributed by atoms with Crippen LogP contribution in [0, 0.1) is 23.5 Å². The zero-order valence-corrected chi connectivity index (χ0v) is 14.2. The second-order valence-corrected chi connectivity index (χ2v) is 7.43. The summed E-state index contributed by atoms with van der Waals surface area (Å²) in [5.41, 5.74) is 2.59. The Labute approximate surface area is 139 Å². The van der Waals surface area contributed by atoms with Gasteiger partial charge in [-0.1, -0.05) is 37.5 Å². The lowest BCUT2D eigenvalue weighted by atomic mass is 9.73. The standard InChI is InChI=1S/C21H28F2/c1-2-3-15-4-6-16(7-5-15)17-8-10-18(11-9-17)19-12-13-20(22)21(23)14-19/h8,12-16,18H,2-7,9-11H2,1H3. The average Bonchev–Trinajstić information content (AvgIpc) is 2.59. The van der Waals surface area contributed by atoms with Crippen molar-refractivity contribution in [3.63, 3.8) is 0 Å². The second-order valence-electron chi connectivity index (χ2n) is 7.43. The number of hydrogen-bond acceptors (Lipinski definition) is 0. The quantitative estimate of drug-likeness (QED) is 0.538. The van der Waals surface area contributed by atoms with Crippen LogP contribution >= 0.6 is 0 Å². The van der Waals surface area contributed by atoms with Crippen molar-refractivity contribution in [1.29, 1.82) is 0 Å². The van der Waals surface area contributed by atoms with Crippen LogP contribution in [0.4, 0.5) is 8.78 Å². The summed E-state index contributed by atoms with van der Waals surface area (Å²) in [7, 11) is 0. The van der Waals surface area contributed by atoms with E-state index < -0.39 is 11.6 Å². The first-order valence-corrected chi connectivity index (χ1v) is 9.31. The van der Waals surface area contributed by atoms with E-state index in [1.807, 2.05) is 0 Å². The van der Waals surface area contributed by atoms with Gasteiger partial charge in [0.25, 0.3) is 0 Å². The van der Waals surface area contributed by atoms with Crippen molar-refractivity contribution in [3.8, 4) is 0 Å². The lowest BCUT2D eigenvalue weighted by molar-refractivity contribution is 0.279. The summed E-state index contributed by atoms with van der Waals surface area (Å²) in [6.45, 7) is 2.29. The monoisotopic (exact) mass is 318 g/mol. The van der Waals surface area contributed by atoms with Crippen LogP contribution in [0.2, 0.25) is 0 Å². The van der Waals surface area contributed by atoms with Crippen LogP contribution in [0.15, 0.2) is 29.8 Å². The zero-order chi connectivity index (χ0) is 16.2. The molecule has 2 aliphatic carbocycles. The fraction of sp³-hybridized carbons (Fsp3) is 0.619. The van der Waals surface area contributed by atoms with Gasteiger partial charge in [0.2, 0.25) is 0 Å². The molecule has 1 unspecified atom stereocenters. The molecule has 0 N–H and O–H groups in total. The fourth-order valence-corrected chi connectivity index (χ4v) is 4.52. The van der Waals surface area contributed by atoms with E-state index in [1.54, 1.807) is 11.6 Å². The minimum atomic E-state index is -0.746. The molecule has 3 rings (SSSR count). The Hall–Kier alpha value is -1.18. The highest BCUT2D eigenvalue weighted by molar-refractivity contribution is 5.25. The maximum absolute atomic E-state index is 13.4. The Morgan fingerprint density at radius 2 is 1.74 bits per heavy atom. The molecule has 0 nitrogen and oxygen atoms in total. The molecule has 0 radical (unpaired) electrons. The number of allylic oxidation sites excluding steroid dienone is 2. The average molecular weight is 318 g/mol. The van der Waals surface area contributed by atoms with Crippen molar-refractivity contribution >= 4 is 0 Å². The Morgan fingerprint density at radius 3 is 2.35 bits per heavy atom. The van der Waals surface area contributed by atoms with E-state index in [0.717, 1.165) is 36.7 Å². The highest BCUT2D eigenvalue weighted by Gasteiger charge is 2.26. The highest BCUT2D eigenvalue weighted by atomic mass is 19.2. The van der Waals surface area contributed by atoms with Gasteiger partial charge in [-0.2, -0.15) is 0 Å². The Bertz CT molecular complexity index is 553. The Balaban J connectivity index is 1.57. The number of halogens is 2. The minimum absolute atomic E-state index is 0.352. The molecule has 1 aromatic carbocycles. The van der Waals surface area contributed by atoms with E-state index in [2.05, 4.69) is 13.0 Å². The van der Waals surface area contributed by atoms with Crippen molar-refractivity contribution in [2.24, 2.45) is 11.8 Å². The summed E-state index contributed by atoms with van der Waals surface area (Å²) in [5, 5.41) is 0. The number of rotatable bonds is 4. The Kier molecular flexibility index (Phi) is 5.50. The molecule has 0 amide bonds. The van der Waals surface area contributed by atoms with Crippen LogP contribution < -0.4 is 0 Å². The molecule has 1 saturated carbocycles. The molecule has 126 valence electrons. The van der Waals surface area contributed by atoms with Gasteiger partial charge in [-0.25, -0.2) is 8.78 Å². The second kappa shape index (κ2) is 7.59. The summed E-state index contributed by atoms with van der Waals surface area (Å²) >= 11 is 0. The van der Waals surface area contributed by atoms with Crippen LogP contribution in [0.25, 0.3) is 0 Å². The SMILES string of the molecule is CCCC1CCC(C2=CCC(c3ccc(F)c(F)c3)CC2)CC1. The molecule has 0 heterocycles. The first-order valence-electron chi connectivity index (χ1n) is 9.31. The smallest absolute Gasteiger partial charge is 0.159 e. The first kappa shape index (κ1) is 16.7. The molecular weight excluding hydrogens is 290 g/mol. The highest BCUT2D eigenvalue weighted by Crippen LogP contribution is 2.41. The molecule has 0 aliphatic heterocycles. The lowest BCUT2D eigenvalue weighted by Crippen LogP contribution is -2.18. The van der Waals surface area contributed by atoms with Crippen molar-refractivity contribution < 1.29 is 8.78 Å². The molecule has 0 aromatic heterocycles. The maximum atomic E-state index is 13.4. The molecule has 0 saturated heterocycles. The van der Waals surface area contributed by atoms with Gasteiger partial charge < -0.3 is 0 Å². The van der Waals surface area contributed by atoms with Gasteiger partial charge in [0, 0.05) is 0 Å². The number of hydrogen-bond donors (Lipinski definition) is 0. The van der Waals surface area contributed by atoms with Crippen LogP contribution in [-0.2, 0) is 0 Å².